The number of ether oxygens (including phenoxy) is 2. The van der Waals surface area contributed by atoms with Crippen LogP contribution in [-0.2, 0) is 13.2 Å². The summed E-state index contributed by atoms with van der Waals surface area (Å²) < 4.78 is 12.2. The summed E-state index contributed by atoms with van der Waals surface area (Å²) in [6.07, 6.45) is 0. The van der Waals surface area contributed by atoms with Gasteiger partial charge in [0.25, 0.3) is 0 Å². The highest BCUT2D eigenvalue weighted by atomic mass is 79.9. The smallest absolute Gasteiger partial charge is 0.127 e. The second-order valence-electron chi connectivity index (χ2n) is 4.42. The third-order valence-electron chi connectivity index (χ3n) is 2.92. The Balaban J connectivity index is 2.14. The van der Waals surface area contributed by atoms with Crippen LogP contribution in [0.2, 0.25) is 0 Å². The fourth-order valence-electron chi connectivity index (χ4n) is 1.92. The zero-order valence-electron chi connectivity index (χ0n) is 11.7. The van der Waals surface area contributed by atoms with Gasteiger partial charge in [-0.1, -0.05) is 34.1 Å². The SMILES string of the molecule is CNCc1ccc(OC)cc1OCc1cccc(Br)c1. The van der Waals surface area contributed by atoms with Crippen molar-refractivity contribution in [2.45, 2.75) is 13.2 Å². The molecule has 0 radical (unpaired) electrons. The highest BCUT2D eigenvalue weighted by Crippen LogP contribution is 2.26. The lowest BCUT2D eigenvalue weighted by molar-refractivity contribution is 0.299. The number of halogens is 1. The van der Waals surface area contributed by atoms with Crippen molar-refractivity contribution in [3.05, 3.63) is 58.1 Å². The molecular formula is C16H18BrNO2. The number of hydrogen-bond donors (Lipinski definition) is 1. The maximum Gasteiger partial charge on any atom is 0.127 e. The Bertz CT molecular complexity index is 572. The molecule has 2 aromatic rings. The quantitative estimate of drug-likeness (QED) is 0.871. The van der Waals surface area contributed by atoms with Crippen molar-refractivity contribution >= 4 is 15.9 Å². The van der Waals surface area contributed by atoms with Gasteiger partial charge in [0.2, 0.25) is 0 Å². The second kappa shape index (κ2) is 7.31. The predicted molar refractivity (Wildman–Crippen MR) is 84.2 cm³/mol. The van der Waals surface area contributed by atoms with Crippen LogP contribution in [-0.4, -0.2) is 14.2 Å². The molecule has 3 nitrogen and oxygen atoms in total. The highest BCUT2D eigenvalue weighted by molar-refractivity contribution is 9.10. The van der Waals surface area contributed by atoms with Crippen LogP contribution in [0, 0.1) is 0 Å². The number of nitrogens with one attached hydrogen (secondary N) is 1. The van der Waals surface area contributed by atoms with Crippen LogP contribution in [0.15, 0.2) is 46.9 Å². The average molecular weight is 336 g/mol. The molecule has 0 heterocycles. The fourth-order valence-corrected chi connectivity index (χ4v) is 2.37. The van der Waals surface area contributed by atoms with E-state index in [0.29, 0.717) is 6.61 Å². The van der Waals surface area contributed by atoms with Gasteiger partial charge in [0.15, 0.2) is 0 Å². The molecule has 0 unspecified atom stereocenters. The van der Waals surface area contributed by atoms with Gasteiger partial charge in [-0.3, -0.25) is 0 Å². The number of benzene rings is 2. The molecule has 0 bridgehead atoms. The molecule has 4 heteroatoms. The largest absolute Gasteiger partial charge is 0.497 e. The molecule has 2 aromatic carbocycles. The van der Waals surface area contributed by atoms with Gasteiger partial charge in [-0.15, -0.1) is 0 Å². The molecule has 2 rings (SSSR count). The molecule has 0 aliphatic heterocycles. The Morgan fingerprint density at radius 2 is 2.00 bits per heavy atom. The predicted octanol–water partition coefficient (Wildman–Crippen LogP) is 3.76. The van der Waals surface area contributed by atoms with E-state index in [1.165, 1.54) is 0 Å². The normalized spacial score (nSPS) is 10.3. The van der Waals surface area contributed by atoms with Gasteiger partial charge < -0.3 is 14.8 Å². The van der Waals surface area contributed by atoms with Crippen molar-refractivity contribution < 1.29 is 9.47 Å². The molecule has 1 N–H and O–H groups in total. The van der Waals surface area contributed by atoms with Crippen LogP contribution < -0.4 is 14.8 Å². The standard InChI is InChI=1S/C16H18BrNO2/c1-18-10-13-6-7-15(19-2)9-16(13)20-11-12-4-3-5-14(17)8-12/h3-9,18H,10-11H2,1-2H3. The first-order valence-corrected chi connectivity index (χ1v) is 7.21. The van der Waals surface area contributed by atoms with Crippen LogP contribution in [0.5, 0.6) is 11.5 Å². The maximum atomic E-state index is 5.93. The van der Waals surface area contributed by atoms with Gasteiger partial charge in [0.1, 0.15) is 18.1 Å². The van der Waals surface area contributed by atoms with Gasteiger partial charge in [-0.2, -0.15) is 0 Å². The lowest BCUT2D eigenvalue weighted by Gasteiger charge is -2.13. The average Bonchev–Trinajstić information content (AvgIpc) is 2.46. The third-order valence-corrected chi connectivity index (χ3v) is 3.42. The molecule has 106 valence electrons. The topological polar surface area (TPSA) is 30.5 Å². The van der Waals surface area contributed by atoms with Crippen LogP contribution in [0.25, 0.3) is 0 Å². The van der Waals surface area contributed by atoms with Crippen molar-refractivity contribution in [3.63, 3.8) is 0 Å². The van der Waals surface area contributed by atoms with E-state index in [1.54, 1.807) is 7.11 Å². The molecular weight excluding hydrogens is 318 g/mol. The summed E-state index contributed by atoms with van der Waals surface area (Å²) in [6, 6.07) is 14.0. The summed E-state index contributed by atoms with van der Waals surface area (Å²) in [7, 11) is 3.58. The summed E-state index contributed by atoms with van der Waals surface area (Å²) in [4.78, 5) is 0. The second-order valence-corrected chi connectivity index (χ2v) is 5.34. The lowest BCUT2D eigenvalue weighted by Crippen LogP contribution is -2.07. The minimum Gasteiger partial charge on any atom is -0.497 e. The molecule has 0 spiro atoms. The van der Waals surface area contributed by atoms with E-state index in [0.717, 1.165) is 33.6 Å². The summed E-state index contributed by atoms with van der Waals surface area (Å²) in [5, 5.41) is 3.14. The first-order valence-electron chi connectivity index (χ1n) is 6.41. The molecule has 0 saturated carbocycles. The van der Waals surface area contributed by atoms with Crippen LogP contribution in [0.4, 0.5) is 0 Å². The molecule has 0 amide bonds. The molecule has 0 aliphatic rings. The maximum absolute atomic E-state index is 5.93. The zero-order chi connectivity index (χ0) is 14.4. The molecule has 20 heavy (non-hydrogen) atoms. The van der Waals surface area contributed by atoms with E-state index < -0.39 is 0 Å². The Hall–Kier alpha value is -1.52. The Labute approximate surface area is 128 Å². The Morgan fingerprint density at radius 1 is 1.15 bits per heavy atom. The molecule has 0 fully saturated rings. The van der Waals surface area contributed by atoms with E-state index >= 15 is 0 Å². The van der Waals surface area contributed by atoms with E-state index in [-0.39, 0.29) is 0 Å². The summed E-state index contributed by atoms with van der Waals surface area (Å²) in [6.45, 7) is 1.29. The minimum atomic E-state index is 0.531. The van der Waals surface area contributed by atoms with Gasteiger partial charge in [-0.05, 0) is 30.8 Å². The summed E-state index contributed by atoms with van der Waals surface area (Å²) in [5.74, 6) is 1.65. The van der Waals surface area contributed by atoms with Crippen molar-refractivity contribution in [1.29, 1.82) is 0 Å². The van der Waals surface area contributed by atoms with Crippen molar-refractivity contribution in [3.8, 4) is 11.5 Å². The molecule has 0 aromatic heterocycles. The number of hydrogen-bond acceptors (Lipinski definition) is 3. The van der Waals surface area contributed by atoms with Crippen molar-refractivity contribution in [1.82, 2.24) is 5.32 Å². The lowest BCUT2D eigenvalue weighted by atomic mass is 10.2. The Kier molecular flexibility index (Phi) is 5.44. The molecule has 0 saturated heterocycles. The van der Waals surface area contributed by atoms with Crippen molar-refractivity contribution in [2.75, 3.05) is 14.2 Å². The third kappa shape index (κ3) is 3.99. The van der Waals surface area contributed by atoms with Gasteiger partial charge in [0, 0.05) is 22.6 Å². The first-order chi connectivity index (χ1) is 9.72. The van der Waals surface area contributed by atoms with Gasteiger partial charge in [0.05, 0.1) is 7.11 Å². The zero-order valence-corrected chi connectivity index (χ0v) is 13.2. The first kappa shape index (κ1) is 14.9. The van der Waals surface area contributed by atoms with E-state index in [4.69, 9.17) is 9.47 Å². The Morgan fingerprint density at radius 3 is 2.70 bits per heavy atom. The van der Waals surface area contributed by atoms with Crippen LogP contribution in [0.3, 0.4) is 0 Å². The number of rotatable bonds is 6. The highest BCUT2D eigenvalue weighted by Gasteiger charge is 2.06. The number of methoxy groups -OCH3 is 1. The molecule has 0 aliphatic carbocycles. The van der Waals surface area contributed by atoms with Crippen LogP contribution in [0.1, 0.15) is 11.1 Å². The van der Waals surface area contributed by atoms with E-state index in [1.807, 2.05) is 43.4 Å². The molecule has 0 atom stereocenters. The van der Waals surface area contributed by atoms with E-state index in [9.17, 15) is 0 Å². The van der Waals surface area contributed by atoms with E-state index in [2.05, 4.69) is 27.3 Å². The van der Waals surface area contributed by atoms with Crippen molar-refractivity contribution in [2.24, 2.45) is 0 Å². The fraction of sp³-hybridized carbons (Fsp3) is 0.250. The summed E-state index contributed by atoms with van der Waals surface area (Å²) in [5.41, 5.74) is 2.24. The monoisotopic (exact) mass is 335 g/mol. The van der Waals surface area contributed by atoms with Gasteiger partial charge in [-0.25, -0.2) is 0 Å². The summed E-state index contributed by atoms with van der Waals surface area (Å²) >= 11 is 3.46. The van der Waals surface area contributed by atoms with Crippen LogP contribution >= 0.6 is 15.9 Å². The van der Waals surface area contributed by atoms with Gasteiger partial charge >= 0.3 is 0 Å². The minimum absolute atomic E-state index is 0.531.